The molecule has 6 nitrogen and oxygen atoms in total. The van der Waals surface area contributed by atoms with Crippen molar-refractivity contribution in [1.29, 1.82) is 0 Å². The maximum atomic E-state index is 12.4. The quantitative estimate of drug-likeness (QED) is 0.338. The van der Waals surface area contributed by atoms with Crippen molar-refractivity contribution in [3.8, 4) is 0 Å². The third-order valence-corrected chi connectivity index (χ3v) is 3.81. The molecule has 0 aromatic heterocycles. The normalized spacial score (nSPS) is 19.0. The van der Waals surface area contributed by atoms with E-state index in [1.807, 2.05) is 4.90 Å². The zero-order valence-corrected chi connectivity index (χ0v) is 12.4. The van der Waals surface area contributed by atoms with Gasteiger partial charge in [-0.1, -0.05) is 5.16 Å². The number of hydrogen-bond donors (Lipinski definition) is 2. The molecule has 0 aliphatic carbocycles. The van der Waals surface area contributed by atoms with E-state index in [4.69, 9.17) is 10.9 Å². The minimum absolute atomic E-state index is 0.0343. The molecule has 0 aromatic rings. The molecule has 1 aliphatic rings. The first-order valence-corrected chi connectivity index (χ1v) is 6.71. The number of carbonyl (C=O) groups is 1. The summed E-state index contributed by atoms with van der Waals surface area (Å²) in [5, 5.41) is 11.7. The van der Waals surface area contributed by atoms with Crippen LogP contribution in [0.1, 0.15) is 26.7 Å². The lowest BCUT2D eigenvalue weighted by molar-refractivity contribution is -0.138. The van der Waals surface area contributed by atoms with Crippen LogP contribution in [0.2, 0.25) is 0 Å². The van der Waals surface area contributed by atoms with Crippen molar-refractivity contribution in [2.45, 2.75) is 26.7 Å². The summed E-state index contributed by atoms with van der Waals surface area (Å²) in [4.78, 5) is 16.4. The first-order chi connectivity index (χ1) is 8.78. The maximum absolute atomic E-state index is 12.4. The van der Waals surface area contributed by atoms with Gasteiger partial charge in [0.15, 0.2) is 5.84 Å². The Kier molecular flexibility index (Phi) is 5.17. The van der Waals surface area contributed by atoms with E-state index in [1.54, 1.807) is 13.8 Å². The maximum Gasteiger partial charge on any atom is 0.235 e. The van der Waals surface area contributed by atoms with E-state index in [1.165, 1.54) is 0 Å². The van der Waals surface area contributed by atoms with Crippen molar-refractivity contribution in [1.82, 2.24) is 9.80 Å². The number of hydrogen-bond acceptors (Lipinski definition) is 4. The van der Waals surface area contributed by atoms with Gasteiger partial charge in [-0.25, -0.2) is 0 Å². The molecule has 0 aromatic carbocycles. The van der Waals surface area contributed by atoms with E-state index < -0.39 is 5.41 Å². The van der Waals surface area contributed by atoms with Gasteiger partial charge in [-0.3, -0.25) is 4.79 Å². The van der Waals surface area contributed by atoms with Crippen LogP contribution in [-0.2, 0) is 4.79 Å². The average molecular weight is 270 g/mol. The summed E-state index contributed by atoms with van der Waals surface area (Å²) in [5.74, 6) is 0.546. The van der Waals surface area contributed by atoms with Gasteiger partial charge in [0.25, 0.3) is 0 Å². The number of piperidine rings is 1. The van der Waals surface area contributed by atoms with E-state index in [2.05, 4.69) is 24.2 Å². The van der Waals surface area contributed by atoms with E-state index in [0.29, 0.717) is 5.92 Å². The first kappa shape index (κ1) is 15.8. The predicted octanol–water partition coefficient (Wildman–Crippen LogP) is 0.559. The molecular formula is C13H26N4O2. The summed E-state index contributed by atoms with van der Waals surface area (Å²) in [6.07, 6.45) is 2.02. The van der Waals surface area contributed by atoms with Gasteiger partial charge in [-0.05, 0) is 46.7 Å². The highest BCUT2D eigenvalue weighted by atomic mass is 16.4. The molecule has 0 atom stereocenters. The fourth-order valence-electron chi connectivity index (χ4n) is 2.46. The van der Waals surface area contributed by atoms with Gasteiger partial charge in [-0.15, -0.1) is 0 Å². The molecule has 1 aliphatic heterocycles. The average Bonchev–Trinajstić information content (AvgIpc) is 2.37. The molecule has 110 valence electrons. The lowest BCUT2D eigenvalue weighted by Gasteiger charge is -2.37. The molecule has 0 unspecified atom stereocenters. The molecule has 19 heavy (non-hydrogen) atoms. The lowest BCUT2D eigenvalue weighted by Crippen LogP contribution is -2.50. The molecule has 1 heterocycles. The Labute approximate surface area is 115 Å². The van der Waals surface area contributed by atoms with Crippen LogP contribution in [0.3, 0.4) is 0 Å². The predicted molar refractivity (Wildman–Crippen MR) is 75.0 cm³/mol. The minimum atomic E-state index is -0.941. The van der Waals surface area contributed by atoms with Crippen molar-refractivity contribution in [3.63, 3.8) is 0 Å². The fourth-order valence-corrected chi connectivity index (χ4v) is 2.46. The van der Waals surface area contributed by atoms with Gasteiger partial charge in [0.05, 0.1) is 0 Å². The number of nitrogens with zero attached hydrogens (tertiary/aromatic N) is 3. The Hall–Kier alpha value is -1.30. The third-order valence-electron chi connectivity index (χ3n) is 3.81. The van der Waals surface area contributed by atoms with Crippen molar-refractivity contribution < 1.29 is 10.0 Å². The van der Waals surface area contributed by atoms with E-state index in [0.717, 1.165) is 32.5 Å². The molecule has 3 N–H and O–H groups in total. The largest absolute Gasteiger partial charge is 0.409 e. The summed E-state index contributed by atoms with van der Waals surface area (Å²) in [5.41, 5.74) is 4.66. The second kappa shape index (κ2) is 6.23. The SMILES string of the molecule is CN(C)CC1CCN(C(=O)C(C)(C)C(N)=NO)CC1. The number of amides is 1. The molecule has 0 spiro atoms. The Morgan fingerprint density at radius 1 is 1.42 bits per heavy atom. The Morgan fingerprint density at radius 2 is 1.95 bits per heavy atom. The third kappa shape index (κ3) is 3.83. The standard InChI is InChI=1S/C13H26N4O2/c1-13(2,11(14)15-19)12(18)17-7-5-10(6-8-17)9-16(3)4/h10,19H,5-9H2,1-4H3,(H2,14,15). The van der Waals surface area contributed by atoms with Gasteiger partial charge in [0, 0.05) is 19.6 Å². The number of oxime groups is 1. The van der Waals surface area contributed by atoms with Gasteiger partial charge < -0.3 is 20.7 Å². The number of likely N-dealkylation sites (tertiary alicyclic amines) is 1. The molecule has 0 radical (unpaired) electrons. The van der Waals surface area contributed by atoms with E-state index >= 15 is 0 Å². The fraction of sp³-hybridized carbons (Fsp3) is 0.846. The minimum Gasteiger partial charge on any atom is -0.409 e. The number of carbonyl (C=O) groups excluding carboxylic acids is 1. The van der Waals surface area contributed by atoms with Gasteiger partial charge in [0.1, 0.15) is 5.41 Å². The summed E-state index contributed by atoms with van der Waals surface area (Å²) in [6, 6.07) is 0. The molecular weight excluding hydrogens is 244 g/mol. The zero-order chi connectivity index (χ0) is 14.6. The Morgan fingerprint density at radius 3 is 2.37 bits per heavy atom. The molecule has 0 saturated carbocycles. The molecule has 1 fully saturated rings. The second-order valence-electron chi connectivity index (χ2n) is 6.11. The van der Waals surface area contributed by atoms with Crippen LogP contribution in [0, 0.1) is 11.3 Å². The van der Waals surface area contributed by atoms with Crippen LogP contribution in [0.4, 0.5) is 0 Å². The van der Waals surface area contributed by atoms with Crippen LogP contribution in [0.15, 0.2) is 5.16 Å². The molecule has 0 bridgehead atoms. The van der Waals surface area contributed by atoms with E-state index in [9.17, 15) is 4.79 Å². The molecule has 6 heteroatoms. The van der Waals surface area contributed by atoms with Crippen LogP contribution >= 0.6 is 0 Å². The van der Waals surface area contributed by atoms with Gasteiger partial charge >= 0.3 is 0 Å². The van der Waals surface area contributed by atoms with Crippen molar-refractivity contribution in [2.24, 2.45) is 22.2 Å². The highest BCUT2D eigenvalue weighted by Gasteiger charge is 2.37. The Balaban J connectivity index is 2.58. The Bertz CT molecular complexity index is 345. The molecule has 1 rings (SSSR count). The van der Waals surface area contributed by atoms with Crippen LogP contribution < -0.4 is 5.73 Å². The number of rotatable bonds is 4. The monoisotopic (exact) mass is 270 g/mol. The molecule has 1 amide bonds. The summed E-state index contributed by atoms with van der Waals surface area (Å²) >= 11 is 0. The van der Waals surface area contributed by atoms with Crippen molar-refractivity contribution in [2.75, 3.05) is 33.7 Å². The van der Waals surface area contributed by atoms with Gasteiger partial charge in [-0.2, -0.15) is 0 Å². The van der Waals surface area contributed by atoms with Crippen LogP contribution in [0.5, 0.6) is 0 Å². The smallest absolute Gasteiger partial charge is 0.235 e. The second-order valence-corrected chi connectivity index (χ2v) is 6.11. The van der Waals surface area contributed by atoms with Crippen LogP contribution in [-0.4, -0.2) is 60.5 Å². The lowest BCUT2D eigenvalue weighted by atomic mass is 9.88. The number of nitrogens with two attached hydrogens (primary N) is 1. The van der Waals surface area contributed by atoms with Crippen molar-refractivity contribution >= 4 is 11.7 Å². The first-order valence-electron chi connectivity index (χ1n) is 6.71. The van der Waals surface area contributed by atoms with Crippen molar-refractivity contribution in [3.05, 3.63) is 0 Å². The molecule has 1 saturated heterocycles. The van der Waals surface area contributed by atoms with Gasteiger partial charge in [0.2, 0.25) is 5.91 Å². The van der Waals surface area contributed by atoms with E-state index in [-0.39, 0.29) is 11.7 Å². The topological polar surface area (TPSA) is 82.2 Å². The summed E-state index contributed by atoms with van der Waals surface area (Å²) in [6.45, 7) is 5.94. The summed E-state index contributed by atoms with van der Waals surface area (Å²) in [7, 11) is 4.14. The summed E-state index contributed by atoms with van der Waals surface area (Å²) < 4.78 is 0. The highest BCUT2D eigenvalue weighted by Crippen LogP contribution is 2.24. The van der Waals surface area contributed by atoms with Crippen LogP contribution in [0.25, 0.3) is 0 Å². The zero-order valence-electron chi connectivity index (χ0n) is 12.4. The number of amidine groups is 1. The highest BCUT2D eigenvalue weighted by molar-refractivity contribution is 6.05.